The van der Waals surface area contributed by atoms with Crippen LogP contribution in [-0.4, -0.2) is 58.8 Å². The maximum Gasteiger partial charge on any atom is 0.244 e. The normalized spacial score (nSPS) is 15.1. The van der Waals surface area contributed by atoms with Crippen LogP contribution in [-0.2, 0) is 14.8 Å². The fourth-order valence-electron chi connectivity index (χ4n) is 3.54. The monoisotopic (exact) mass is 485 g/mol. The molecule has 4 heterocycles. The van der Waals surface area contributed by atoms with Crippen LogP contribution >= 0.6 is 11.6 Å². The molecule has 0 atom stereocenters. The quantitative estimate of drug-likeness (QED) is 0.413. The summed E-state index contributed by atoms with van der Waals surface area (Å²) in [6.07, 6.45) is 4.77. The Morgan fingerprint density at radius 1 is 1.09 bits per heavy atom. The van der Waals surface area contributed by atoms with Crippen molar-refractivity contribution < 1.29 is 13.2 Å². The summed E-state index contributed by atoms with van der Waals surface area (Å²) >= 11 is 6.33. The lowest BCUT2D eigenvalue weighted by Gasteiger charge is -2.25. The van der Waals surface area contributed by atoms with Crippen LogP contribution in [0.1, 0.15) is 0 Å². The SMILES string of the molecule is Nc1ccc(-n2cc3c(Nc4ccc(S(=O)(=O)N5CCOCC5)cn4)nccc3n2)c(Cl)c1. The maximum absolute atomic E-state index is 12.8. The number of benzene rings is 1. The number of halogens is 1. The molecule has 10 nitrogen and oxygen atoms in total. The Morgan fingerprint density at radius 3 is 2.64 bits per heavy atom. The summed E-state index contributed by atoms with van der Waals surface area (Å²) in [6, 6.07) is 10.1. The lowest BCUT2D eigenvalue weighted by atomic mass is 10.3. The van der Waals surface area contributed by atoms with Gasteiger partial charge in [-0.2, -0.15) is 9.40 Å². The average Bonchev–Trinajstić information content (AvgIpc) is 3.25. The lowest BCUT2D eigenvalue weighted by Crippen LogP contribution is -2.40. The van der Waals surface area contributed by atoms with Crippen molar-refractivity contribution in [1.29, 1.82) is 0 Å². The van der Waals surface area contributed by atoms with Gasteiger partial charge in [-0.15, -0.1) is 0 Å². The van der Waals surface area contributed by atoms with Gasteiger partial charge in [0.2, 0.25) is 10.0 Å². The summed E-state index contributed by atoms with van der Waals surface area (Å²) < 4.78 is 33.9. The molecule has 1 fully saturated rings. The fourth-order valence-corrected chi connectivity index (χ4v) is 5.17. The smallest absolute Gasteiger partial charge is 0.244 e. The molecular formula is C21H20ClN7O3S. The maximum atomic E-state index is 12.8. The number of morpholine rings is 1. The molecule has 3 aromatic heterocycles. The Bertz CT molecular complexity index is 1420. The number of nitrogens with zero attached hydrogens (tertiary/aromatic N) is 5. The van der Waals surface area contributed by atoms with Gasteiger partial charge in [-0.25, -0.2) is 23.1 Å². The molecule has 0 saturated carbocycles. The molecule has 170 valence electrons. The summed E-state index contributed by atoms with van der Waals surface area (Å²) in [5, 5.41) is 8.93. The highest BCUT2D eigenvalue weighted by Gasteiger charge is 2.26. The topological polar surface area (TPSA) is 128 Å². The van der Waals surface area contributed by atoms with E-state index < -0.39 is 10.0 Å². The highest BCUT2D eigenvalue weighted by molar-refractivity contribution is 7.89. The molecule has 0 bridgehead atoms. The van der Waals surface area contributed by atoms with Crippen molar-refractivity contribution in [3.63, 3.8) is 0 Å². The minimum Gasteiger partial charge on any atom is -0.399 e. The third-order valence-corrected chi connectivity index (χ3v) is 7.43. The number of hydrogen-bond acceptors (Lipinski definition) is 8. The van der Waals surface area contributed by atoms with Crippen molar-refractivity contribution in [2.75, 3.05) is 37.4 Å². The minimum absolute atomic E-state index is 0.131. The molecule has 0 unspecified atom stereocenters. The van der Waals surface area contributed by atoms with E-state index in [1.165, 1.54) is 16.6 Å². The van der Waals surface area contributed by atoms with Crippen molar-refractivity contribution in [3.8, 4) is 5.69 Å². The van der Waals surface area contributed by atoms with Crippen LogP contribution in [0.25, 0.3) is 16.6 Å². The van der Waals surface area contributed by atoms with Crippen LogP contribution in [0.15, 0.2) is 59.9 Å². The molecule has 4 aromatic rings. The Labute approximate surface area is 195 Å². The molecule has 0 amide bonds. The second kappa shape index (κ2) is 8.60. The van der Waals surface area contributed by atoms with E-state index in [-0.39, 0.29) is 4.90 Å². The zero-order valence-electron chi connectivity index (χ0n) is 17.3. The summed E-state index contributed by atoms with van der Waals surface area (Å²) in [5.41, 5.74) is 7.73. The van der Waals surface area contributed by atoms with Gasteiger partial charge in [0.1, 0.15) is 16.5 Å². The Balaban J connectivity index is 1.42. The van der Waals surface area contributed by atoms with E-state index in [1.54, 1.807) is 47.4 Å². The Hall–Kier alpha value is -3.25. The van der Waals surface area contributed by atoms with Crippen LogP contribution in [0.3, 0.4) is 0 Å². The predicted octanol–water partition coefficient (Wildman–Crippen LogP) is 2.82. The van der Waals surface area contributed by atoms with Gasteiger partial charge >= 0.3 is 0 Å². The first-order chi connectivity index (χ1) is 15.9. The van der Waals surface area contributed by atoms with Gasteiger partial charge in [-0.3, -0.25) is 0 Å². The molecule has 0 radical (unpaired) electrons. The number of aromatic nitrogens is 4. The van der Waals surface area contributed by atoms with Crippen LogP contribution in [0.5, 0.6) is 0 Å². The summed E-state index contributed by atoms with van der Waals surface area (Å²) in [6.45, 7) is 1.43. The molecule has 3 N–H and O–H groups in total. The number of pyridine rings is 2. The van der Waals surface area contributed by atoms with E-state index in [1.807, 2.05) is 0 Å². The zero-order valence-corrected chi connectivity index (χ0v) is 18.9. The Kier molecular flexibility index (Phi) is 5.62. The van der Waals surface area contributed by atoms with Crippen molar-refractivity contribution in [2.24, 2.45) is 0 Å². The van der Waals surface area contributed by atoms with E-state index in [9.17, 15) is 8.42 Å². The first-order valence-corrected chi connectivity index (χ1v) is 11.9. The molecule has 1 aromatic carbocycles. The highest BCUT2D eigenvalue weighted by Crippen LogP contribution is 2.28. The number of nitrogens with two attached hydrogens (primary N) is 1. The molecule has 33 heavy (non-hydrogen) atoms. The number of sulfonamides is 1. The van der Waals surface area contributed by atoms with Gasteiger partial charge in [0.15, 0.2) is 0 Å². The lowest BCUT2D eigenvalue weighted by molar-refractivity contribution is 0.0730. The molecular weight excluding hydrogens is 466 g/mol. The van der Waals surface area contributed by atoms with Gasteiger partial charge < -0.3 is 15.8 Å². The number of nitrogens with one attached hydrogen (secondary N) is 1. The molecule has 1 aliphatic rings. The third-order valence-electron chi connectivity index (χ3n) is 5.24. The fraction of sp³-hybridized carbons (Fsp3) is 0.190. The van der Waals surface area contributed by atoms with Crippen LogP contribution < -0.4 is 11.1 Å². The predicted molar refractivity (Wildman–Crippen MR) is 125 cm³/mol. The van der Waals surface area contributed by atoms with E-state index in [2.05, 4.69) is 20.4 Å². The molecule has 5 rings (SSSR count). The van der Waals surface area contributed by atoms with E-state index in [4.69, 9.17) is 22.1 Å². The second-order valence-corrected chi connectivity index (χ2v) is 9.74. The van der Waals surface area contributed by atoms with E-state index in [0.29, 0.717) is 59.9 Å². The summed E-state index contributed by atoms with van der Waals surface area (Å²) in [4.78, 5) is 8.80. The highest BCUT2D eigenvalue weighted by atomic mass is 35.5. The molecule has 0 spiro atoms. The van der Waals surface area contributed by atoms with Crippen molar-refractivity contribution in [2.45, 2.75) is 4.90 Å². The third kappa shape index (κ3) is 4.23. The number of nitrogen functional groups attached to an aromatic ring is 1. The largest absolute Gasteiger partial charge is 0.399 e. The summed E-state index contributed by atoms with van der Waals surface area (Å²) in [7, 11) is -3.61. The number of fused-ring (bicyclic) bond motifs is 1. The number of rotatable bonds is 5. The number of anilines is 3. The molecule has 12 heteroatoms. The number of ether oxygens (including phenoxy) is 1. The van der Waals surface area contributed by atoms with E-state index >= 15 is 0 Å². The molecule has 0 aliphatic carbocycles. The molecule has 1 aliphatic heterocycles. The van der Waals surface area contributed by atoms with Crippen molar-refractivity contribution in [1.82, 2.24) is 24.1 Å². The van der Waals surface area contributed by atoms with Gasteiger partial charge in [0.05, 0.1) is 34.8 Å². The molecule has 1 saturated heterocycles. The van der Waals surface area contributed by atoms with Crippen LogP contribution in [0, 0.1) is 0 Å². The summed E-state index contributed by atoms with van der Waals surface area (Å²) in [5.74, 6) is 0.982. The van der Waals surface area contributed by atoms with Crippen molar-refractivity contribution >= 4 is 49.9 Å². The van der Waals surface area contributed by atoms with Gasteiger partial charge in [0.25, 0.3) is 0 Å². The van der Waals surface area contributed by atoms with Crippen LogP contribution in [0.4, 0.5) is 17.3 Å². The van der Waals surface area contributed by atoms with Crippen LogP contribution in [0.2, 0.25) is 5.02 Å². The first kappa shape index (κ1) is 21.6. The second-order valence-electron chi connectivity index (χ2n) is 7.40. The van der Waals surface area contributed by atoms with E-state index in [0.717, 1.165) is 5.39 Å². The van der Waals surface area contributed by atoms with Crippen molar-refractivity contribution in [3.05, 3.63) is 60.0 Å². The van der Waals surface area contributed by atoms with Gasteiger partial charge in [-0.05, 0) is 36.4 Å². The average molecular weight is 486 g/mol. The Morgan fingerprint density at radius 2 is 1.91 bits per heavy atom. The van der Waals surface area contributed by atoms with Gasteiger partial charge in [0, 0.05) is 37.4 Å². The zero-order chi connectivity index (χ0) is 23.0. The standard InChI is InChI=1S/C21H20ClN7O3S/c22-17-11-14(23)1-3-19(17)29-13-16-18(27-29)5-6-24-21(16)26-20-4-2-15(12-25-20)33(30,31)28-7-9-32-10-8-28/h1-6,11-13H,7-10,23H2,(H,24,25,26). The van der Waals surface area contributed by atoms with Gasteiger partial charge in [-0.1, -0.05) is 11.6 Å². The minimum atomic E-state index is -3.61. The first-order valence-electron chi connectivity index (χ1n) is 10.1. The number of hydrogen-bond donors (Lipinski definition) is 2.